The normalized spacial score (nSPS) is 27.4. The number of fused-ring (bicyclic) bond motifs is 4. The molecule has 1 amide bonds. The van der Waals surface area contributed by atoms with E-state index in [1.165, 1.54) is 29.5 Å². The molecule has 2 unspecified atom stereocenters. The summed E-state index contributed by atoms with van der Waals surface area (Å²) in [6.07, 6.45) is 8.09. The lowest BCUT2D eigenvalue weighted by molar-refractivity contribution is -0.0830. The average molecular weight is 657 g/mol. The first-order valence-corrected chi connectivity index (χ1v) is 18.6. The summed E-state index contributed by atoms with van der Waals surface area (Å²) >= 11 is 0. The maximum absolute atomic E-state index is 13.7. The molecular weight excluding hydrogens is 605 g/mol. The molecule has 6 rings (SSSR count). The van der Waals surface area contributed by atoms with Crippen LogP contribution in [0.5, 0.6) is 0 Å². The van der Waals surface area contributed by atoms with Crippen molar-refractivity contribution in [3.8, 4) is 11.3 Å². The van der Waals surface area contributed by atoms with Crippen LogP contribution < -0.4 is 10.0 Å². The first-order chi connectivity index (χ1) is 22.3. The Kier molecular flexibility index (Phi) is 9.54. The maximum atomic E-state index is 13.7. The van der Waals surface area contributed by atoms with Crippen LogP contribution in [-0.2, 0) is 28.6 Å². The predicted octanol–water partition coefficient (Wildman–Crippen LogP) is 8.75. The van der Waals surface area contributed by atoms with Gasteiger partial charge in [0.2, 0.25) is 5.95 Å². The molecule has 252 valence electrons. The van der Waals surface area contributed by atoms with E-state index in [0.717, 1.165) is 60.4 Å². The zero-order chi connectivity index (χ0) is 33.5. The van der Waals surface area contributed by atoms with Crippen molar-refractivity contribution in [3.05, 3.63) is 70.9 Å². The molecule has 1 aromatic heterocycles. The molecule has 4 bridgehead atoms. The topological polar surface area (TPSA) is 93.2 Å². The molecule has 2 aliphatic carbocycles. The number of alkyl carbamates (subject to hydrolysis) is 1. The second-order valence-electron chi connectivity index (χ2n) is 16.2. The fourth-order valence-electron chi connectivity index (χ4n) is 8.72. The quantitative estimate of drug-likeness (QED) is 0.287. The number of carbonyl (C=O) groups excluding carboxylic acids is 1. The molecule has 3 atom stereocenters. The van der Waals surface area contributed by atoms with E-state index in [-0.39, 0.29) is 23.7 Å². The monoisotopic (exact) mass is 656 g/mol. The molecule has 1 aliphatic heterocycles. The van der Waals surface area contributed by atoms with E-state index in [0.29, 0.717) is 29.1 Å². The van der Waals surface area contributed by atoms with Crippen molar-refractivity contribution in [2.45, 2.75) is 117 Å². The molecule has 7 nitrogen and oxygen atoms in total. The van der Waals surface area contributed by atoms with Gasteiger partial charge in [-0.25, -0.2) is 19.0 Å². The second kappa shape index (κ2) is 13.3. The molecule has 3 aromatic rings. The predicted molar refractivity (Wildman–Crippen MR) is 189 cm³/mol. The lowest BCUT2D eigenvalue weighted by Crippen LogP contribution is -2.58. The second-order valence-corrected chi connectivity index (χ2v) is 17.4. The van der Waals surface area contributed by atoms with Gasteiger partial charge in [-0.05, 0) is 143 Å². The van der Waals surface area contributed by atoms with E-state index in [1.54, 1.807) is 0 Å². The van der Waals surface area contributed by atoms with Crippen LogP contribution in [0.15, 0.2) is 53.4 Å². The van der Waals surface area contributed by atoms with Crippen molar-refractivity contribution < 1.29 is 13.7 Å². The molecule has 0 saturated heterocycles. The van der Waals surface area contributed by atoms with Gasteiger partial charge in [0.25, 0.3) is 0 Å². The largest absolute Gasteiger partial charge is 0.447 e. The zero-order valence-corrected chi connectivity index (χ0v) is 30.0. The number of ether oxygens (including phenoxy) is 1. The fraction of sp³-hybridized carbons (Fsp3) is 0.564. The first kappa shape index (κ1) is 33.6. The van der Waals surface area contributed by atoms with Gasteiger partial charge in [-0.2, -0.15) is 0 Å². The minimum atomic E-state index is -1.49. The van der Waals surface area contributed by atoms with Crippen molar-refractivity contribution in [1.82, 2.24) is 15.3 Å². The Morgan fingerprint density at radius 2 is 1.74 bits per heavy atom. The number of hydrogen-bond donors (Lipinski definition) is 2. The summed E-state index contributed by atoms with van der Waals surface area (Å²) in [5, 5.41) is 3.08. The molecule has 0 radical (unpaired) electrons. The van der Waals surface area contributed by atoms with Gasteiger partial charge in [0, 0.05) is 17.3 Å². The molecule has 3 aliphatic rings. The highest BCUT2D eigenvalue weighted by molar-refractivity contribution is 7.86. The van der Waals surface area contributed by atoms with Gasteiger partial charge in [-0.3, -0.25) is 4.72 Å². The number of aromatic nitrogens is 2. The Hall–Kier alpha value is -3.26. The number of nitrogens with zero attached hydrogens (tertiary/aromatic N) is 2. The highest BCUT2D eigenvalue weighted by Crippen LogP contribution is 2.62. The number of carbonyl (C=O) groups is 1. The van der Waals surface area contributed by atoms with Crippen LogP contribution >= 0.6 is 0 Å². The van der Waals surface area contributed by atoms with Gasteiger partial charge in [0.05, 0.1) is 16.7 Å². The molecule has 2 heterocycles. The van der Waals surface area contributed by atoms with E-state index in [9.17, 15) is 9.00 Å². The van der Waals surface area contributed by atoms with Crippen molar-refractivity contribution >= 4 is 23.0 Å². The van der Waals surface area contributed by atoms with Crippen LogP contribution in [0, 0.1) is 42.4 Å². The van der Waals surface area contributed by atoms with Crippen LogP contribution in [0.3, 0.4) is 0 Å². The summed E-state index contributed by atoms with van der Waals surface area (Å²) in [6, 6.07) is 17.0. The van der Waals surface area contributed by atoms with Crippen molar-refractivity contribution in [2.24, 2.45) is 28.6 Å². The Morgan fingerprint density at radius 1 is 1.04 bits per heavy atom. The summed E-state index contributed by atoms with van der Waals surface area (Å²) < 4.78 is 22.2. The molecular formula is C39H52N4O3S. The number of benzene rings is 2. The van der Waals surface area contributed by atoms with Gasteiger partial charge < -0.3 is 10.1 Å². The smallest absolute Gasteiger partial charge is 0.407 e. The first-order valence-electron chi connectivity index (χ1n) is 17.4. The standard InChI is InChI=1S/C39H52N4O3S/c1-24(2)46-37(44)41-31-22-39(23-31)20-29(21-39)33-17-27-12-9-13-32(16-27)47(45)43-36-40-30(15-14-28(33)19-38(5,6)7)18-34(42-36)35-25(3)10-8-11-26(35)4/h8-13,16,18,24,28-29,31,33H,14-15,17,19-23H2,1-7H3,(H,41,44)(H,40,42,43)/t28-,29?,31?,33?,39?,47?/m0/s1. The number of rotatable bonds is 5. The highest BCUT2D eigenvalue weighted by Gasteiger charge is 2.55. The Labute approximate surface area is 283 Å². The summed E-state index contributed by atoms with van der Waals surface area (Å²) in [4.78, 5) is 22.8. The van der Waals surface area contributed by atoms with Crippen LogP contribution in [0.1, 0.15) is 95.5 Å². The van der Waals surface area contributed by atoms with E-state index >= 15 is 0 Å². The average Bonchev–Trinajstić information content (AvgIpc) is 2.94. The molecule has 8 heteroatoms. The van der Waals surface area contributed by atoms with Crippen molar-refractivity contribution in [2.75, 3.05) is 4.72 Å². The minimum absolute atomic E-state index is 0.110. The third-order valence-corrected chi connectivity index (χ3v) is 11.6. The van der Waals surface area contributed by atoms with E-state index < -0.39 is 11.0 Å². The Bertz CT molecular complexity index is 1610. The fourth-order valence-corrected chi connectivity index (χ4v) is 9.55. The van der Waals surface area contributed by atoms with E-state index in [2.05, 4.69) is 81.1 Å². The summed E-state index contributed by atoms with van der Waals surface area (Å²) in [5.74, 6) is 2.06. The van der Waals surface area contributed by atoms with Crippen LogP contribution in [0.4, 0.5) is 10.7 Å². The molecule has 1 spiro atoms. The number of amides is 1. The maximum Gasteiger partial charge on any atom is 0.407 e. The van der Waals surface area contributed by atoms with Crippen LogP contribution in [0.25, 0.3) is 11.3 Å². The summed E-state index contributed by atoms with van der Waals surface area (Å²) in [5.41, 5.74) is 7.09. The Morgan fingerprint density at radius 3 is 2.43 bits per heavy atom. The van der Waals surface area contributed by atoms with E-state index in [4.69, 9.17) is 14.7 Å². The summed E-state index contributed by atoms with van der Waals surface area (Å²) in [7, 11) is -1.49. The third-order valence-electron chi connectivity index (χ3n) is 10.6. The van der Waals surface area contributed by atoms with Gasteiger partial charge in [-0.1, -0.05) is 51.1 Å². The van der Waals surface area contributed by atoms with Crippen LogP contribution in [-0.4, -0.2) is 32.4 Å². The third kappa shape index (κ3) is 7.90. The van der Waals surface area contributed by atoms with Gasteiger partial charge in [0.15, 0.2) is 11.0 Å². The zero-order valence-electron chi connectivity index (χ0n) is 29.2. The van der Waals surface area contributed by atoms with Crippen molar-refractivity contribution in [3.63, 3.8) is 0 Å². The Balaban J connectivity index is 1.30. The lowest BCUT2D eigenvalue weighted by atomic mass is 9.46. The SMILES string of the molecule is Cc1cccc(C)c1-c1cc2nc(n1)NS(=O)c1cccc(c1)CC(C1CC3(CC(NC(=O)OC(C)C)C3)C1)[C@H](CC(C)(C)C)CC2. The number of nitrogens with one attached hydrogen (secondary N) is 2. The number of anilines is 1. The number of aryl methyl sites for hydroxylation is 3. The van der Waals surface area contributed by atoms with Gasteiger partial charge in [-0.15, -0.1) is 0 Å². The number of hydrogen-bond acceptors (Lipinski definition) is 5. The lowest BCUT2D eigenvalue weighted by Gasteiger charge is -2.60. The molecule has 2 aromatic carbocycles. The molecule has 2 saturated carbocycles. The highest BCUT2D eigenvalue weighted by atomic mass is 32.2. The molecule has 2 N–H and O–H groups in total. The molecule has 47 heavy (non-hydrogen) atoms. The minimum Gasteiger partial charge on any atom is -0.447 e. The van der Waals surface area contributed by atoms with Gasteiger partial charge >= 0.3 is 6.09 Å². The van der Waals surface area contributed by atoms with Crippen LogP contribution in [0.2, 0.25) is 0 Å². The molecule has 2 fully saturated rings. The van der Waals surface area contributed by atoms with E-state index in [1.807, 2.05) is 26.0 Å². The van der Waals surface area contributed by atoms with Crippen molar-refractivity contribution in [1.29, 1.82) is 0 Å². The summed E-state index contributed by atoms with van der Waals surface area (Å²) in [6.45, 7) is 15.1. The van der Waals surface area contributed by atoms with Gasteiger partial charge in [0.1, 0.15) is 0 Å².